The van der Waals surface area contributed by atoms with Crippen LogP contribution in [-0.4, -0.2) is 42.2 Å². The molecule has 1 rings (SSSR count). The van der Waals surface area contributed by atoms with E-state index in [0.717, 1.165) is 0 Å². The predicted octanol–water partition coefficient (Wildman–Crippen LogP) is -0.942. The molecule has 1 heterocycles. The average Bonchev–Trinajstić information content (AvgIpc) is 2.21. The van der Waals surface area contributed by atoms with E-state index in [-0.39, 0.29) is 17.9 Å². The second-order valence-corrected chi connectivity index (χ2v) is 3.57. The standard InChI is InChI=1S/C9H16N4O2/c1-6(5-10)11-9(15)7-3-4-8(14)13(2)12-7/h6H,3-5,10H2,1-2H3,(H,11,15). The number of carbonyl (C=O) groups excluding carboxylic acids is 2. The minimum absolute atomic E-state index is 0.0709. The van der Waals surface area contributed by atoms with Crippen molar-refractivity contribution in [3.63, 3.8) is 0 Å². The Kier molecular flexibility index (Phi) is 3.79. The van der Waals surface area contributed by atoms with Gasteiger partial charge in [-0.3, -0.25) is 9.59 Å². The molecule has 0 aliphatic carbocycles. The monoisotopic (exact) mass is 212 g/mol. The van der Waals surface area contributed by atoms with Gasteiger partial charge in [-0.15, -0.1) is 0 Å². The van der Waals surface area contributed by atoms with Crippen molar-refractivity contribution in [2.24, 2.45) is 10.8 Å². The molecule has 6 nitrogen and oxygen atoms in total. The zero-order valence-electron chi connectivity index (χ0n) is 8.99. The van der Waals surface area contributed by atoms with Crippen LogP contribution in [0.5, 0.6) is 0 Å². The Balaban J connectivity index is 2.61. The Bertz CT molecular complexity index is 300. The van der Waals surface area contributed by atoms with Crippen molar-refractivity contribution in [3.05, 3.63) is 0 Å². The first-order chi connectivity index (χ1) is 7.04. The summed E-state index contributed by atoms with van der Waals surface area (Å²) in [6.45, 7) is 2.20. The summed E-state index contributed by atoms with van der Waals surface area (Å²) in [7, 11) is 1.54. The number of carbonyl (C=O) groups is 2. The average molecular weight is 212 g/mol. The van der Waals surface area contributed by atoms with Crippen LogP contribution < -0.4 is 11.1 Å². The molecule has 0 saturated carbocycles. The number of hydrogen-bond donors (Lipinski definition) is 2. The van der Waals surface area contributed by atoms with Crippen LogP contribution in [0, 0.1) is 0 Å². The SMILES string of the molecule is CC(CN)NC(=O)C1=NN(C)C(=O)CC1. The number of hydrogen-bond acceptors (Lipinski definition) is 4. The van der Waals surface area contributed by atoms with E-state index in [9.17, 15) is 9.59 Å². The van der Waals surface area contributed by atoms with Crippen LogP contribution in [0.2, 0.25) is 0 Å². The summed E-state index contributed by atoms with van der Waals surface area (Å²) in [6, 6.07) is -0.0804. The zero-order valence-corrected chi connectivity index (χ0v) is 8.99. The summed E-state index contributed by atoms with van der Waals surface area (Å²) < 4.78 is 0. The molecule has 0 bridgehead atoms. The molecule has 0 aromatic rings. The quantitative estimate of drug-likeness (QED) is 0.632. The van der Waals surface area contributed by atoms with E-state index in [1.165, 1.54) is 5.01 Å². The first-order valence-corrected chi connectivity index (χ1v) is 4.89. The molecule has 0 spiro atoms. The Morgan fingerprint density at radius 1 is 1.67 bits per heavy atom. The van der Waals surface area contributed by atoms with Crippen LogP contribution >= 0.6 is 0 Å². The number of amides is 2. The van der Waals surface area contributed by atoms with Gasteiger partial charge in [-0.25, -0.2) is 5.01 Å². The van der Waals surface area contributed by atoms with E-state index in [2.05, 4.69) is 10.4 Å². The van der Waals surface area contributed by atoms with Gasteiger partial charge in [-0.1, -0.05) is 0 Å². The van der Waals surface area contributed by atoms with E-state index < -0.39 is 0 Å². The van der Waals surface area contributed by atoms with Crippen molar-refractivity contribution in [2.75, 3.05) is 13.6 Å². The Hall–Kier alpha value is -1.43. The maximum atomic E-state index is 11.6. The molecule has 0 aromatic carbocycles. The molecular weight excluding hydrogens is 196 g/mol. The van der Waals surface area contributed by atoms with Gasteiger partial charge >= 0.3 is 0 Å². The van der Waals surface area contributed by atoms with E-state index in [1.807, 2.05) is 6.92 Å². The van der Waals surface area contributed by atoms with Gasteiger partial charge in [0.05, 0.1) is 0 Å². The van der Waals surface area contributed by atoms with Gasteiger partial charge in [-0.05, 0) is 6.92 Å². The van der Waals surface area contributed by atoms with Crippen LogP contribution in [0.3, 0.4) is 0 Å². The van der Waals surface area contributed by atoms with Gasteiger partial charge in [-0.2, -0.15) is 5.10 Å². The maximum absolute atomic E-state index is 11.6. The van der Waals surface area contributed by atoms with Gasteiger partial charge in [0.25, 0.3) is 5.91 Å². The third kappa shape index (κ3) is 3.02. The van der Waals surface area contributed by atoms with Crippen LogP contribution in [0.15, 0.2) is 5.10 Å². The summed E-state index contributed by atoms with van der Waals surface area (Å²) in [5.41, 5.74) is 5.77. The largest absolute Gasteiger partial charge is 0.347 e. The van der Waals surface area contributed by atoms with Crippen LogP contribution in [0.25, 0.3) is 0 Å². The minimum Gasteiger partial charge on any atom is -0.347 e. The fourth-order valence-electron chi connectivity index (χ4n) is 1.20. The molecule has 0 fully saturated rings. The lowest BCUT2D eigenvalue weighted by atomic mass is 10.1. The molecule has 0 radical (unpaired) electrons. The Morgan fingerprint density at radius 3 is 2.87 bits per heavy atom. The summed E-state index contributed by atoms with van der Waals surface area (Å²) in [5, 5.41) is 7.80. The molecule has 3 N–H and O–H groups in total. The molecule has 1 unspecified atom stereocenters. The predicted molar refractivity (Wildman–Crippen MR) is 56.1 cm³/mol. The van der Waals surface area contributed by atoms with Gasteiger partial charge in [0.2, 0.25) is 5.91 Å². The van der Waals surface area contributed by atoms with Gasteiger partial charge < -0.3 is 11.1 Å². The van der Waals surface area contributed by atoms with Crippen molar-refractivity contribution in [1.29, 1.82) is 0 Å². The summed E-state index contributed by atoms with van der Waals surface area (Å²) in [4.78, 5) is 22.7. The summed E-state index contributed by atoms with van der Waals surface area (Å²) in [5.74, 6) is -0.314. The summed E-state index contributed by atoms with van der Waals surface area (Å²) in [6.07, 6.45) is 0.728. The highest BCUT2D eigenvalue weighted by molar-refractivity contribution is 6.39. The normalized spacial score (nSPS) is 18.5. The number of hydrazone groups is 1. The molecule has 15 heavy (non-hydrogen) atoms. The van der Waals surface area contributed by atoms with Crippen molar-refractivity contribution in [3.8, 4) is 0 Å². The minimum atomic E-state index is -0.243. The van der Waals surface area contributed by atoms with Crippen molar-refractivity contribution in [2.45, 2.75) is 25.8 Å². The smallest absolute Gasteiger partial charge is 0.267 e. The zero-order chi connectivity index (χ0) is 11.4. The molecule has 2 amide bonds. The van der Waals surface area contributed by atoms with E-state index >= 15 is 0 Å². The van der Waals surface area contributed by atoms with Crippen molar-refractivity contribution < 1.29 is 9.59 Å². The van der Waals surface area contributed by atoms with Crippen LogP contribution in [-0.2, 0) is 9.59 Å². The second kappa shape index (κ2) is 4.88. The van der Waals surface area contributed by atoms with Crippen LogP contribution in [0.1, 0.15) is 19.8 Å². The molecular formula is C9H16N4O2. The highest BCUT2D eigenvalue weighted by Gasteiger charge is 2.22. The van der Waals surface area contributed by atoms with Crippen molar-refractivity contribution >= 4 is 17.5 Å². The van der Waals surface area contributed by atoms with Crippen LogP contribution in [0.4, 0.5) is 0 Å². The fraction of sp³-hybridized carbons (Fsp3) is 0.667. The Labute approximate surface area is 88.5 Å². The topological polar surface area (TPSA) is 87.8 Å². The lowest BCUT2D eigenvalue weighted by molar-refractivity contribution is -0.130. The third-order valence-electron chi connectivity index (χ3n) is 2.20. The van der Waals surface area contributed by atoms with Gasteiger partial charge in [0.15, 0.2) is 0 Å². The van der Waals surface area contributed by atoms with E-state index in [0.29, 0.717) is 25.1 Å². The summed E-state index contributed by atoms with van der Waals surface area (Å²) >= 11 is 0. The molecule has 84 valence electrons. The Morgan fingerprint density at radius 2 is 2.33 bits per heavy atom. The van der Waals surface area contributed by atoms with Gasteiger partial charge in [0, 0.05) is 32.5 Å². The fourth-order valence-corrected chi connectivity index (χ4v) is 1.20. The molecule has 1 atom stereocenters. The third-order valence-corrected chi connectivity index (χ3v) is 2.20. The molecule has 6 heteroatoms. The van der Waals surface area contributed by atoms with E-state index in [4.69, 9.17) is 5.73 Å². The maximum Gasteiger partial charge on any atom is 0.267 e. The number of nitrogens with one attached hydrogen (secondary N) is 1. The molecule has 1 aliphatic heterocycles. The molecule has 0 saturated heterocycles. The first kappa shape index (κ1) is 11.6. The van der Waals surface area contributed by atoms with Gasteiger partial charge in [0.1, 0.15) is 5.71 Å². The van der Waals surface area contributed by atoms with E-state index in [1.54, 1.807) is 7.05 Å². The number of nitrogens with zero attached hydrogens (tertiary/aromatic N) is 2. The molecule has 0 aromatic heterocycles. The number of rotatable bonds is 3. The lowest BCUT2D eigenvalue weighted by Gasteiger charge is -2.20. The number of nitrogens with two attached hydrogens (primary N) is 1. The molecule has 1 aliphatic rings. The lowest BCUT2D eigenvalue weighted by Crippen LogP contribution is -2.43. The second-order valence-electron chi connectivity index (χ2n) is 3.57. The highest BCUT2D eigenvalue weighted by atomic mass is 16.2. The van der Waals surface area contributed by atoms with Crippen molar-refractivity contribution in [1.82, 2.24) is 10.3 Å². The highest BCUT2D eigenvalue weighted by Crippen LogP contribution is 2.06. The first-order valence-electron chi connectivity index (χ1n) is 4.89.